The van der Waals surface area contributed by atoms with Gasteiger partial charge < -0.3 is 5.73 Å². The maximum atomic E-state index is 5.27. The number of hydrogen-bond acceptors (Lipinski definition) is 1. The number of nitrogens with two attached hydrogens (primary N) is 1. The molecule has 1 heteroatoms. The van der Waals surface area contributed by atoms with Gasteiger partial charge in [0.15, 0.2) is 0 Å². The summed E-state index contributed by atoms with van der Waals surface area (Å²) >= 11 is 0. The zero-order valence-corrected chi connectivity index (χ0v) is 8.69. The average Bonchev–Trinajstić information content (AvgIpc) is 1.88. The van der Waals surface area contributed by atoms with E-state index in [-0.39, 0.29) is 0 Å². The van der Waals surface area contributed by atoms with Crippen molar-refractivity contribution in [1.82, 2.24) is 0 Å². The van der Waals surface area contributed by atoms with Crippen molar-refractivity contribution in [2.45, 2.75) is 53.4 Å². The van der Waals surface area contributed by atoms with E-state index in [1.165, 1.54) is 25.7 Å². The van der Waals surface area contributed by atoms with Crippen molar-refractivity contribution in [3.63, 3.8) is 0 Å². The predicted octanol–water partition coefficient (Wildman–Crippen LogP) is 3.19. The van der Waals surface area contributed by atoms with Crippen LogP contribution in [0.1, 0.15) is 53.4 Å². The summed E-state index contributed by atoms with van der Waals surface area (Å²) in [5, 5.41) is 0. The first-order chi connectivity index (χ1) is 5.15. The Labute approximate surface area is 72.4 Å². The third-order valence-electron chi connectivity index (χ3n) is 1.06. The number of unbranched alkanes of at least 4 members (excludes halogenated alkanes) is 3. The lowest BCUT2D eigenvalue weighted by Crippen LogP contribution is -1.97. The van der Waals surface area contributed by atoms with Crippen LogP contribution >= 0.6 is 0 Å². The molecule has 0 aliphatic heterocycles. The highest BCUT2D eigenvalue weighted by Gasteiger charge is 1.80. The Morgan fingerprint density at radius 1 is 1.00 bits per heavy atom. The van der Waals surface area contributed by atoms with Crippen molar-refractivity contribution < 1.29 is 0 Å². The topological polar surface area (TPSA) is 26.0 Å². The fourth-order valence-corrected chi connectivity index (χ4v) is 0.571. The van der Waals surface area contributed by atoms with Crippen molar-refractivity contribution >= 4 is 0 Å². The fraction of sp³-hybridized carbons (Fsp3) is 1.00. The molecule has 0 aromatic carbocycles. The van der Waals surface area contributed by atoms with Gasteiger partial charge >= 0.3 is 0 Å². The lowest BCUT2D eigenvalue weighted by atomic mass is 10.2. The summed E-state index contributed by atoms with van der Waals surface area (Å²) in [7, 11) is 0. The second-order valence-electron chi connectivity index (χ2n) is 3.58. The zero-order chi connectivity index (χ0) is 9.11. The van der Waals surface area contributed by atoms with Crippen molar-refractivity contribution in [2.24, 2.45) is 11.7 Å². The van der Waals surface area contributed by atoms with Gasteiger partial charge in [-0.05, 0) is 18.9 Å². The van der Waals surface area contributed by atoms with Gasteiger partial charge in [-0.15, -0.1) is 0 Å². The quantitative estimate of drug-likeness (QED) is 0.626. The number of rotatable bonds is 4. The van der Waals surface area contributed by atoms with Gasteiger partial charge in [-0.2, -0.15) is 0 Å². The molecule has 0 saturated heterocycles. The lowest BCUT2D eigenvalue weighted by Gasteiger charge is -1.90. The van der Waals surface area contributed by atoms with Gasteiger partial charge in [0.25, 0.3) is 0 Å². The van der Waals surface area contributed by atoms with E-state index in [2.05, 4.69) is 27.7 Å². The second kappa shape index (κ2) is 12.6. The molecule has 0 saturated carbocycles. The molecule has 0 atom stereocenters. The molecule has 0 aromatic heterocycles. The molecule has 2 N–H and O–H groups in total. The molecular weight excluding hydrogens is 134 g/mol. The minimum absolute atomic E-state index is 0.833. The highest BCUT2D eigenvalue weighted by atomic mass is 14.5. The van der Waals surface area contributed by atoms with Crippen LogP contribution in [-0.2, 0) is 0 Å². The molecule has 0 rings (SSSR count). The van der Waals surface area contributed by atoms with Gasteiger partial charge in [0.1, 0.15) is 0 Å². The molecule has 0 fully saturated rings. The highest BCUT2D eigenvalue weighted by Crippen LogP contribution is 1.95. The molecule has 0 heterocycles. The summed E-state index contributed by atoms with van der Waals surface area (Å²) in [6.45, 7) is 9.57. The summed E-state index contributed by atoms with van der Waals surface area (Å²) in [6.07, 6.45) is 5.16. The Kier molecular flexibility index (Phi) is 15.5. The molecule has 0 unspecified atom stereocenters. The van der Waals surface area contributed by atoms with Gasteiger partial charge in [-0.25, -0.2) is 0 Å². The summed E-state index contributed by atoms with van der Waals surface area (Å²) in [5.74, 6) is 0.833. The highest BCUT2D eigenvalue weighted by molar-refractivity contribution is 4.38. The van der Waals surface area contributed by atoms with Crippen LogP contribution in [0, 0.1) is 5.92 Å². The van der Waals surface area contributed by atoms with Crippen molar-refractivity contribution in [3.05, 3.63) is 0 Å². The normalized spacial score (nSPS) is 9.27. The van der Waals surface area contributed by atoms with Crippen molar-refractivity contribution in [3.8, 4) is 0 Å². The smallest absolute Gasteiger partial charge is 0.00773 e. The molecule has 0 bridgehead atoms. The van der Waals surface area contributed by atoms with E-state index in [9.17, 15) is 0 Å². The molecular formula is C10H25N. The first-order valence-electron chi connectivity index (χ1n) is 4.85. The maximum Gasteiger partial charge on any atom is -0.00773 e. The van der Waals surface area contributed by atoms with E-state index < -0.39 is 0 Å². The van der Waals surface area contributed by atoms with Crippen LogP contribution in [0.3, 0.4) is 0 Å². The first-order valence-corrected chi connectivity index (χ1v) is 4.85. The van der Waals surface area contributed by atoms with E-state index in [4.69, 9.17) is 5.73 Å². The Bertz CT molecular complexity index is 44.1. The molecule has 11 heavy (non-hydrogen) atoms. The summed E-state index contributed by atoms with van der Waals surface area (Å²) in [4.78, 5) is 0. The van der Waals surface area contributed by atoms with E-state index in [0.717, 1.165) is 12.5 Å². The van der Waals surface area contributed by atoms with Gasteiger partial charge in [0, 0.05) is 0 Å². The van der Waals surface area contributed by atoms with Gasteiger partial charge in [-0.3, -0.25) is 0 Å². The Balaban J connectivity index is 0. The molecule has 0 aliphatic rings. The van der Waals surface area contributed by atoms with Crippen LogP contribution < -0.4 is 5.73 Å². The third kappa shape index (κ3) is 40.2. The van der Waals surface area contributed by atoms with E-state index >= 15 is 0 Å². The Hall–Kier alpha value is -0.0400. The van der Waals surface area contributed by atoms with Crippen LogP contribution in [0.25, 0.3) is 0 Å². The largest absolute Gasteiger partial charge is 0.330 e. The van der Waals surface area contributed by atoms with Crippen LogP contribution in [-0.4, -0.2) is 6.54 Å². The summed E-state index contributed by atoms with van der Waals surface area (Å²) in [6, 6.07) is 0. The molecule has 0 aromatic rings. The van der Waals surface area contributed by atoms with Crippen LogP contribution in [0.2, 0.25) is 0 Å². The zero-order valence-electron chi connectivity index (χ0n) is 8.69. The summed E-state index contributed by atoms with van der Waals surface area (Å²) < 4.78 is 0. The van der Waals surface area contributed by atoms with E-state index in [1.54, 1.807) is 0 Å². The van der Waals surface area contributed by atoms with Gasteiger partial charge in [0.05, 0.1) is 0 Å². The average molecular weight is 159 g/mol. The van der Waals surface area contributed by atoms with Crippen LogP contribution in [0.4, 0.5) is 0 Å². The Morgan fingerprint density at radius 3 is 1.73 bits per heavy atom. The standard InChI is InChI=1S/C6H15N.C4H10/c1-2-3-4-5-6-7;1-4(2)3/h2-7H2,1H3;4H,1-3H3. The van der Waals surface area contributed by atoms with E-state index in [0.29, 0.717) is 0 Å². The molecule has 1 nitrogen and oxygen atoms in total. The summed E-state index contributed by atoms with van der Waals surface area (Å²) in [5.41, 5.74) is 5.27. The molecule has 0 radical (unpaired) electrons. The van der Waals surface area contributed by atoms with Crippen molar-refractivity contribution in [1.29, 1.82) is 0 Å². The minimum Gasteiger partial charge on any atom is -0.330 e. The minimum atomic E-state index is 0.833. The van der Waals surface area contributed by atoms with Gasteiger partial charge in [-0.1, -0.05) is 47.0 Å². The maximum absolute atomic E-state index is 5.27. The second-order valence-corrected chi connectivity index (χ2v) is 3.58. The monoisotopic (exact) mass is 159 g/mol. The van der Waals surface area contributed by atoms with Crippen LogP contribution in [0.5, 0.6) is 0 Å². The van der Waals surface area contributed by atoms with Crippen molar-refractivity contribution in [2.75, 3.05) is 6.54 Å². The molecule has 0 spiro atoms. The molecule has 70 valence electrons. The SMILES string of the molecule is CC(C)C.CCCCCCN. The van der Waals surface area contributed by atoms with E-state index in [1.807, 2.05) is 0 Å². The molecule has 0 amide bonds. The third-order valence-corrected chi connectivity index (χ3v) is 1.06. The van der Waals surface area contributed by atoms with Gasteiger partial charge in [0.2, 0.25) is 0 Å². The first kappa shape index (κ1) is 13.5. The molecule has 0 aliphatic carbocycles. The predicted molar refractivity (Wildman–Crippen MR) is 53.7 cm³/mol. The Morgan fingerprint density at radius 2 is 1.45 bits per heavy atom. The number of hydrogen-bond donors (Lipinski definition) is 1. The fourth-order valence-electron chi connectivity index (χ4n) is 0.571. The van der Waals surface area contributed by atoms with Crippen LogP contribution in [0.15, 0.2) is 0 Å². The lowest BCUT2D eigenvalue weighted by molar-refractivity contribution is 0.674.